The van der Waals surface area contributed by atoms with Crippen molar-refractivity contribution in [1.82, 2.24) is 0 Å². The number of allylic oxidation sites excluding steroid dienone is 12. The van der Waals surface area contributed by atoms with Gasteiger partial charge >= 0.3 is 154 Å². The SMILES string of the molecule is CC1=C(C)[C](C)([Zr]([CH]2C=CC=C2)([CH]2C=CC=C2)[SiH](C)C)C(C)=C1C.Cl.Cl. The molecule has 0 aromatic heterocycles. The maximum absolute atomic E-state index is 2.75. The van der Waals surface area contributed by atoms with Crippen LogP contribution in [0.15, 0.2) is 70.9 Å². The molecule has 0 N–H and O–H groups in total. The summed E-state index contributed by atoms with van der Waals surface area (Å²) < 4.78 is 1.81. The first-order valence-corrected chi connectivity index (χ1v) is 20.6. The third-order valence-electron chi connectivity index (χ3n) is 7.61. The summed E-state index contributed by atoms with van der Waals surface area (Å²) in [6, 6.07) is 0. The molecule has 0 fully saturated rings. The average molecular weight is 489 g/mol. The molecule has 0 amide bonds. The van der Waals surface area contributed by atoms with Crippen molar-refractivity contribution < 1.29 is 19.4 Å². The first-order chi connectivity index (χ1) is 11.3. The number of halogens is 2. The molecule has 0 atom stereocenters. The van der Waals surface area contributed by atoms with Gasteiger partial charge in [0.25, 0.3) is 0 Å². The van der Waals surface area contributed by atoms with Crippen LogP contribution in [0.1, 0.15) is 34.6 Å². The van der Waals surface area contributed by atoms with Crippen LogP contribution in [0.5, 0.6) is 0 Å². The second-order valence-corrected chi connectivity index (χ2v) is 35.1. The predicted molar refractivity (Wildman–Crippen MR) is 123 cm³/mol. The second kappa shape index (κ2) is 8.64. The van der Waals surface area contributed by atoms with E-state index < -0.39 is 25.4 Å². The van der Waals surface area contributed by atoms with Crippen molar-refractivity contribution >= 4 is 30.7 Å². The smallest absolute Gasteiger partial charge is 0.147 e. The molecule has 0 unspecified atom stereocenters. The molecule has 0 radical (unpaired) electrons. The number of hydrogen-bond donors (Lipinski definition) is 0. The van der Waals surface area contributed by atoms with E-state index in [-0.39, 0.29) is 24.8 Å². The van der Waals surface area contributed by atoms with E-state index >= 15 is 0 Å². The molecule has 0 spiro atoms. The van der Waals surface area contributed by atoms with E-state index in [2.05, 4.69) is 96.3 Å². The van der Waals surface area contributed by atoms with Crippen LogP contribution in [0.25, 0.3) is 0 Å². The number of rotatable bonds is 4. The summed E-state index contributed by atoms with van der Waals surface area (Å²) in [6.45, 7) is 17.6. The van der Waals surface area contributed by atoms with Crippen molar-refractivity contribution in [2.45, 2.75) is 58.1 Å². The average Bonchev–Trinajstić information content (AvgIpc) is 3.28. The van der Waals surface area contributed by atoms with Gasteiger partial charge in [-0.2, -0.15) is 0 Å². The zero-order chi connectivity index (χ0) is 17.7. The maximum Gasteiger partial charge on any atom is -0.147 e. The Bertz CT molecular complexity index is 661. The van der Waals surface area contributed by atoms with E-state index in [0.29, 0.717) is 3.12 Å². The number of hydrogen-bond acceptors (Lipinski definition) is 0. The normalized spacial score (nSPS) is 22.0. The molecule has 144 valence electrons. The Kier molecular flexibility index (Phi) is 8.03. The summed E-state index contributed by atoms with van der Waals surface area (Å²) in [5.74, 6) is -0.843. The summed E-state index contributed by atoms with van der Waals surface area (Å²) in [6.07, 6.45) is 19.5. The molecule has 0 aromatic carbocycles. The Morgan fingerprint density at radius 3 is 1.31 bits per heavy atom. The van der Waals surface area contributed by atoms with Gasteiger partial charge in [-0.3, -0.25) is 0 Å². The van der Waals surface area contributed by atoms with Crippen LogP contribution in [0.3, 0.4) is 0 Å². The van der Waals surface area contributed by atoms with Crippen molar-refractivity contribution in [3.63, 3.8) is 0 Å². The fraction of sp³-hybridized carbons (Fsp3) is 0.455. The van der Waals surface area contributed by atoms with Gasteiger partial charge in [0, 0.05) is 0 Å². The molecule has 3 aliphatic carbocycles. The Balaban J connectivity index is 0.00000169. The van der Waals surface area contributed by atoms with E-state index in [4.69, 9.17) is 0 Å². The molecule has 0 nitrogen and oxygen atoms in total. The molecular formula is C22H34Cl2SiZr. The first-order valence-electron chi connectivity index (χ1n) is 9.35. The monoisotopic (exact) mass is 486 g/mol. The van der Waals surface area contributed by atoms with E-state index in [0.717, 1.165) is 7.25 Å². The summed E-state index contributed by atoms with van der Waals surface area (Å²) in [5, 5.41) is 0. The van der Waals surface area contributed by atoms with Crippen LogP contribution >= 0.6 is 24.8 Å². The van der Waals surface area contributed by atoms with Crippen LogP contribution in [0, 0.1) is 0 Å². The van der Waals surface area contributed by atoms with Gasteiger partial charge in [0.15, 0.2) is 0 Å². The molecule has 0 saturated carbocycles. The van der Waals surface area contributed by atoms with Crippen LogP contribution in [-0.2, 0) is 19.4 Å². The van der Waals surface area contributed by atoms with E-state index in [9.17, 15) is 0 Å². The molecule has 26 heavy (non-hydrogen) atoms. The Labute approximate surface area is 178 Å². The molecule has 3 aliphatic rings. The van der Waals surface area contributed by atoms with Crippen LogP contribution < -0.4 is 0 Å². The van der Waals surface area contributed by atoms with Gasteiger partial charge < -0.3 is 0 Å². The van der Waals surface area contributed by atoms with E-state index in [1.54, 1.807) is 22.3 Å². The predicted octanol–water partition coefficient (Wildman–Crippen LogP) is 7.66. The maximum atomic E-state index is 2.66. The van der Waals surface area contributed by atoms with Gasteiger partial charge in [-0.15, -0.1) is 24.8 Å². The largest absolute Gasteiger partial charge is 0.147 e. The zero-order valence-corrected chi connectivity index (χ0v) is 22.4. The minimum atomic E-state index is -2.75. The van der Waals surface area contributed by atoms with E-state index in [1.807, 2.05) is 0 Å². The molecule has 0 saturated heterocycles. The minimum absolute atomic E-state index is 0. The molecule has 0 heterocycles. The molecule has 0 bridgehead atoms. The molecular weight excluding hydrogens is 454 g/mol. The summed E-state index contributed by atoms with van der Waals surface area (Å²) >= 11 is -2.75. The van der Waals surface area contributed by atoms with Gasteiger partial charge in [0.2, 0.25) is 0 Å². The van der Waals surface area contributed by atoms with Crippen molar-refractivity contribution in [2.75, 3.05) is 0 Å². The third kappa shape index (κ3) is 3.04. The Hall–Kier alpha value is 0.120. The summed E-state index contributed by atoms with van der Waals surface area (Å²) in [4.78, 5) is 0. The third-order valence-corrected chi connectivity index (χ3v) is 45.0. The molecule has 0 aliphatic heterocycles. The Morgan fingerprint density at radius 2 is 1.04 bits per heavy atom. The topological polar surface area (TPSA) is 0 Å². The molecule has 0 aromatic rings. The van der Waals surface area contributed by atoms with Crippen LogP contribution in [0.2, 0.25) is 23.5 Å². The quantitative estimate of drug-likeness (QED) is 0.356. The van der Waals surface area contributed by atoms with Crippen molar-refractivity contribution in [3.8, 4) is 0 Å². The summed E-state index contributed by atoms with van der Waals surface area (Å²) in [7, 11) is 0. The van der Waals surface area contributed by atoms with Crippen LogP contribution in [0.4, 0.5) is 0 Å². The molecule has 3 rings (SSSR count). The standard InChI is InChI=1S/C10H15.2C5H5.C2H7Si.2ClH.Zr/c1-6-7(2)9(4)10(5)8(6)3;2*1-2-4-5-3-1;1-3-2;;;/h1-5H3;2*1-5H;3H,1-2H3;2*1H;. The van der Waals surface area contributed by atoms with Crippen molar-refractivity contribution in [1.29, 1.82) is 0 Å². The summed E-state index contributed by atoms with van der Waals surface area (Å²) in [5.41, 5.74) is 6.53. The van der Waals surface area contributed by atoms with E-state index in [1.165, 1.54) is 0 Å². The van der Waals surface area contributed by atoms with Gasteiger partial charge in [0.1, 0.15) is 0 Å². The Morgan fingerprint density at radius 1 is 0.731 bits per heavy atom. The fourth-order valence-electron chi connectivity index (χ4n) is 5.98. The zero-order valence-electron chi connectivity index (χ0n) is 17.2. The fourth-order valence-corrected chi connectivity index (χ4v) is 46.4. The minimum Gasteiger partial charge on any atom is -0.147 e. The van der Waals surface area contributed by atoms with Crippen molar-refractivity contribution in [3.05, 3.63) is 70.9 Å². The van der Waals surface area contributed by atoms with Gasteiger partial charge in [-0.05, 0) is 0 Å². The van der Waals surface area contributed by atoms with Crippen molar-refractivity contribution in [2.24, 2.45) is 0 Å². The first kappa shape index (κ1) is 24.2. The molecule has 4 heteroatoms. The second-order valence-electron chi connectivity index (χ2n) is 8.30. The van der Waals surface area contributed by atoms with Gasteiger partial charge in [-0.25, -0.2) is 0 Å². The van der Waals surface area contributed by atoms with Gasteiger partial charge in [0.05, 0.1) is 0 Å². The van der Waals surface area contributed by atoms with Gasteiger partial charge in [-0.1, -0.05) is 0 Å². The van der Waals surface area contributed by atoms with Crippen LogP contribution in [-0.4, -0.2) is 5.92 Å².